The fourth-order valence-corrected chi connectivity index (χ4v) is 1.85. The molecule has 0 atom stereocenters. The van der Waals surface area contributed by atoms with Crippen LogP contribution in [0.25, 0.3) is 11.0 Å². The van der Waals surface area contributed by atoms with Crippen LogP contribution in [-0.4, -0.2) is 29.6 Å². The number of nitrogens with two attached hydrogens (primary N) is 1. The highest BCUT2D eigenvalue weighted by atomic mass is 32.2. The first-order valence-corrected chi connectivity index (χ1v) is 6.37. The zero-order valence-electron chi connectivity index (χ0n) is 8.80. The van der Waals surface area contributed by atoms with E-state index in [9.17, 15) is 8.42 Å². The predicted octanol–water partition coefficient (Wildman–Crippen LogP) is 0.319. The molecule has 7 heteroatoms. The van der Waals surface area contributed by atoms with Crippen molar-refractivity contribution >= 4 is 26.7 Å². The third-order valence-electron chi connectivity index (χ3n) is 2.10. The maximum absolute atomic E-state index is 11.3. The van der Waals surface area contributed by atoms with Crippen LogP contribution in [0.1, 0.15) is 5.56 Å². The summed E-state index contributed by atoms with van der Waals surface area (Å²) in [7, 11) is -3.42. The molecule has 16 heavy (non-hydrogen) atoms. The van der Waals surface area contributed by atoms with Crippen LogP contribution in [0.15, 0.2) is 17.4 Å². The van der Waals surface area contributed by atoms with Crippen molar-refractivity contribution < 1.29 is 8.42 Å². The molecule has 2 aromatic rings. The van der Waals surface area contributed by atoms with Crippen molar-refractivity contribution in [1.82, 2.24) is 15.0 Å². The lowest BCUT2D eigenvalue weighted by atomic mass is 10.2. The minimum absolute atomic E-state index is 0.238. The molecular formula is C9H10N4O2S. The number of aryl methyl sites for hydroxylation is 1. The SMILES string of the molecule is Cc1cc(N)nc2nc(S(C)(=O)=O)ncc12. The maximum Gasteiger partial charge on any atom is 0.248 e. The summed E-state index contributed by atoms with van der Waals surface area (Å²) in [5, 5.41) is 0.458. The second kappa shape index (κ2) is 3.38. The highest BCUT2D eigenvalue weighted by molar-refractivity contribution is 7.90. The summed E-state index contributed by atoms with van der Waals surface area (Å²) in [6.45, 7) is 1.84. The van der Waals surface area contributed by atoms with Crippen LogP contribution in [0.5, 0.6) is 0 Å². The van der Waals surface area contributed by atoms with E-state index in [4.69, 9.17) is 5.73 Å². The summed E-state index contributed by atoms with van der Waals surface area (Å²) < 4.78 is 22.5. The Bertz CT molecular complexity index is 667. The van der Waals surface area contributed by atoms with Crippen molar-refractivity contribution in [2.24, 2.45) is 0 Å². The average molecular weight is 238 g/mol. The van der Waals surface area contributed by atoms with E-state index in [1.807, 2.05) is 6.92 Å². The molecule has 2 rings (SSSR count). The third-order valence-corrected chi connectivity index (χ3v) is 2.96. The number of aromatic nitrogens is 3. The van der Waals surface area contributed by atoms with Gasteiger partial charge < -0.3 is 5.73 Å². The molecule has 0 fully saturated rings. The standard InChI is InChI=1S/C9H10N4O2S/c1-5-3-7(10)12-8-6(5)4-11-9(13-8)16(2,14)15/h3-4H,1-2H3,(H2,10,11,12,13). The highest BCUT2D eigenvalue weighted by Crippen LogP contribution is 2.17. The van der Waals surface area contributed by atoms with Gasteiger partial charge in [0, 0.05) is 17.8 Å². The Balaban J connectivity index is 2.81. The topological polar surface area (TPSA) is 98.8 Å². The average Bonchev–Trinajstić information content (AvgIpc) is 2.15. The number of fused-ring (bicyclic) bond motifs is 1. The molecule has 2 heterocycles. The molecule has 0 aliphatic carbocycles. The number of nitrogens with zero attached hydrogens (tertiary/aromatic N) is 3. The van der Waals surface area contributed by atoms with Gasteiger partial charge in [-0.25, -0.2) is 18.4 Å². The summed E-state index contributed by atoms with van der Waals surface area (Å²) in [4.78, 5) is 11.6. The maximum atomic E-state index is 11.3. The molecule has 2 aromatic heterocycles. The largest absolute Gasteiger partial charge is 0.384 e. The fourth-order valence-electron chi connectivity index (χ4n) is 1.35. The summed E-state index contributed by atoms with van der Waals surface area (Å²) in [5.74, 6) is 0.308. The van der Waals surface area contributed by atoms with Crippen LogP contribution >= 0.6 is 0 Å². The van der Waals surface area contributed by atoms with Gasteiger partial charge in [0.25, 0.3) is 0 Å². The van der Waals surface area contributed by atoms with Crippen LogP contribution in [0.2, 0.25) is 0 Å². The number of nitrogen functional groups attached to an aromatic ring is 1. The van der Waals surface area contributed by atoms with Crippen molar-refractivity contribution in [3.8, 4) is 0 Å². The van der Waals surface area contributed by atoms with Gasteiger partial charge in [-0.2, -0.15) is 4.98 Å². The molecule has 0 saturated heterocycles. The summed E-state index contributed by atoms with van der Waals surface area (Å²) in [5.41, 5.74) is 6.73. The molecule has 6 nitrogen and oxygen atoms in total. The van der Waals surface area contributed by atoms with E-state index < -0.39 is 9.84 Å². The summed E-state index contributed by atoms with van der Waals surface area (Å²) in [6, 6.07) is 1.69. The zero-order valence-corrected chi connectivity index (χ0v) is 9.61. The van der Waals surface area contributed by atoms with Gasteiger partial charge in [-0.3, -0.25) is 0 Å². The molecule has 0 amide bonds. The first-order chi connectivity index (χ1) is 7.38. The second-order valence-corrected chi connectivity index (χ2v) is 5.44. The number of sulfone groups is 1. The molecular weight excluding hydrogens is 228 g/mol. The quantitative estimate of drug-likeness (QED) is 0.718. The number of anilines is 1. The van der Waals surface area contributed by atoms with Gasteiger partial charge in [-0.05, 0) is 18.6 Å². The van der Waals surface area contributed by atoms with Crippen molar-refractivity contribution in [2.75, 3.05) is 12.0 Å². The number of rotatable bonds is 1. The molecule has 0 spiro atoms. The Morgan fingerprint density at radius 1 is 1.31 bits per heavy atom. The lowest BCUT2D eigenvalue weighted by Gasteiger charge is -2.03. The lowest BCUT2D eigenvalue weighted by Crippen LogP contribution is -2.05. The van der Waals surface area contributed by atoms with Crippen molar-refractivity contribution in [3.63, 3.8) is 0 Å². The van der Waals surface area contributed by atoms with Gasteiger partial charge >= 0.3 is 0 Å². The van der Waals surface area contributed by atoms with E-state index in [-0.39, 0.29) is 5.16 Å². The monoisotopic (exact) mass is 238 g/mol. The molecule has 84 valence electrons. The first kappa shape index (κ1) is 10.7. The van der Waals surface area contributed by atoms with Crippen LogP contribution in [0.3, 0.4) is 0 Å². The Kier molecular flexibility index (Phi) is 2.27. The minimum Gasteiger partial charge on any atom is -0.384 e. The molecule has 0 aliphatic heterocycles. The Morgan fingerprint density at radius 3 is 2.62 bits per heavy atom. The van der Waals surface area contributed by atoms with Crippen LogP contribution in [0, 0.1) is 6.92 Å². The van der Waals surface area contributed by atoms with E-state index in [0.717, 1.165) is 11.8 Å². The molecule has 0 aromatic carbocycles. The van der Waals surface area contributed by atoms with Crippen LogP contribution < -0.4 is 5.73 Å². The Labute approximate surface area is 92.5 Å². The molecule has 0 aliphatic rings. The molecule has 2 N–H and O–H groups in total. The zero-order chi connectivity index (χ0) is 11.9. The van der Waals surface area contributed by atoms with Gasteiger partial charge in [-0.1, -0.05) is 0 Å². The van der Waals surface area contributed by atoms with Gasteiger partial charge in [0.2, 0.25) is 15.0 Å². The molecule has 0 saturated carbocycles. The third kappa shape index (κ3) is 1.81. The van der Waals surface area contributed by atoms with Crippen LogP contribution in [-0.2, 0) is 9.84 Å². The predicted molar refractivity (Wildman–Crippen MR) is 59.6 cm³/mol. The summed E-state index contributed by atoms with van der Waals surface area (Å²) >= 11 is 0. The van der Waals surface area contributed by atoms with Crippen molar-refractivity contribution in [2.45, 2.75) is 12.1 Å². The van der Waals surface area contributed by atoms with Gasteiger partial charge in [0.15, 0.2) is 5.65 Å². The van der Waals surface area contributed by atoms with E-state index in [2.05, 4.69) is 15.0 Å². The molecule has 0 bridgehead atoms. The van der Waals surface area contributed by atoms with Crippen molar-refractivity contribution in [3.05, 3.63) is 17.8 Å². The van der Waals surface area contributed by atoms with Crippen molar-refractivity contribution in [1.29, 1.82) is 0 Å². The minimum atomic E-state index is -3.42. The normalized spacial score (nSPS) is 11.9. The summed E-state index contributed by atoms with van der Waals surface area (Å²) in [6.07, 6.45) is 2.49. The van der Waals surface area contributed by atoms with Gasteiger partial charge in [0.1, 0.15) is 5.82 Å². The van der Waals surface area contributed by atoms with E-state index in [0.29, 0.717) is 16.9 Å². The lowest BCUT2D eigenvalue weighted by molar-refractivity contribution is 0.593. The first-order valence-electron chi connectivity index (χ1n) is 4.48. The Morgan fingerprint density at radius 2 is 2.00 bits per heavy atom. The molecule has 0 unspecified atom stereocenters. The smallest absolute Gasteiger partial charge is 0.248 e. The van der Waals surface area contributed by atoms with E-state index >= 15 is 0 Å². The van der Waals surface area contributed by atoms with E-state index in [1.54, 1.807) is 6.07 Å². The number of pyridine rings is 1. The number of hydrogen-bond acceptors (Lipinski definition) is 6. The second-order valence-electron chi connectivity index (χ2n) is 3.53. The highest BCUT2D eigenvalue weighted by Gasteiger charge is 2.13. The van der Waals surface area contributed by atoms with Gasteiger partial charge in [0.05, 0.1) is 0 Å². The van der Waals surface area contributed by atoms with Crippen LogP contribution in [0.4, 0.5) is 5.82 Å². The Hall–Kier alpha value is -1.76. The number of hydrogen-bond donors (Lipinski definition) is 1. The van der Waals surface area contributed by atoms with E-state index in [1.165, 1.54) is 6.20 Å². The van der Waals surface area contributed by atoms with Gasteiger partial charge in [-0.15, -0.1) is 0 Å². The fraction of sp³-hybridized carbons (Fsp3) is 0.222. The molecule has 0 radical (unpaired) electrons.